The first-order valence-electron chi connectivity index (χ1n) is 9.61. The quantitative estimate of drug-likeness (QED) is 0.634. The molecule has 3 aromatic rings. The molecule has 0 aliphatic carbocycles. The molecule has 1 aliphatic heterocycles. The van der Waals surface area contributed by atoms with E-state index in [1.54, 1.807) is 53.8 Å². The Labute approximate surface area is 175 Å². The van der Waals surface area contributed by atoms with Gasteiger partial charge in [-0.2, -0.15) is 0 Å². The number of sulfone groups is 1. The van der Waals surface area contributed by atoms with E-state index >= 15 is 0 Å². The number of hydrogen-bond donors (Lipinski definition) is 0. The Morgan fingerprint density at radius 3 is 2.40 bits per heavy atom. The molecule has 154 valence electrons. The summed E-state index contributed by atoms with van der Waals surface area (Å²) in [5, 5.41) is 0. The van der Waals surface area contributed by atoms with Crippen molar-refractivity contribution in [3.63, 3.8) is 0 Å². The van der Waals surface area contributed by atoms with Crippen LogP contribution < -0.4 is 0 Å². The lowest BCUT2D eigenvalue weighted by Crippen LogP contribution is -2.38. The minimum atomic E-state index is -3.48. The van der Waals surface area contributed by atoms with Crippen LogP contribution in [0.1, 0.15) is 34.9 Å². The van der Waals surface area contributed by atoms with Gasteiger partial charge in [0, 0.05) is 55.6 Å². The van der Waals surface area contributed by atoms with Gasteiger partial charge in [-0.05, 0) is 37.1 Å². The average molecular weight is 423 g/mol. The summed E-state index contributed by atoms with van der Waals surface area (Å²) in [5.74, 6) is 0.274. The minimum absolute atomic E-state index is 0.0777. The summed E-state index contributed by atoms with van der Waals surface area (Å²) in [4.78, 5) is 31.6. The third kappa shape index (κ3) is 4.20. The van der Waals surface area contributed by atoms with Crippen LogP contribution in [0.3, 0.4) is 0 Å². The maximum absolute atomic E-state index is 12.6. The van der Waals surface area contributed by atoms with E-state index in [4.69, 9.17) is 0 Å². The highest BCUT2D eigenvalue weighted by molar-refractivity contribution is 7.90. The lowest BCUT2D eigenvalue weighted by molar-refractivity contribution is 0.0705. The lowest BCUT2D eigenvalue weighted by Gasteiger charge is -2.32. The van der Waals surface area contributed by atoms with Crippen molar-refractivity contribution >= 4 is 15.7 Å². The fraction of sp³-hybridized carbons (Fsp3) is 0.286. The molecule has 0 atom stereocenters. The Morgan fingerprint density at radius 1 is 1.03 bits per heavy atom. The number of aromatic nitrogens is 4. The second-order valence-corrected chi connectivity index (χ2v) is 9.22. The Balaban J connectivity index is 1.60. The van der Waals surface area contributed by atoms with E-state index in [1.165, 1.54) is 12.5 Å². The number of nitrogens with zero attached hydrogens (tertiary/aromatic N) is 5. The lowest BCUT2D eigenvalue weighted by atomic mass is 9.93. The van der Waals surface area contributed by atoms with Crippen molar-refractivity contribution < 1.29 is 13.2 Å². The van der Waals surface area contributed by atoms with E-state index in [-0.39, 0.29) is 16.7 Å². The maximum Gasteiger partial charge on any atom is 0.272 e. The minimum Gasteiger partial charge on any atom is -0.337 e. The van der Waals surface area contributed by atoms with Crippen LogP contribution in [0, 0.1) is 0 Å². The molecule has 0 aromatic carbocycles. The molecule has 0 bridgehead atoms. The number of rotatable bonds is 4. The standard InChI is InChI=1S/C21H21N5O3S/c1-30(28,29)18-14-24-20(16-5-10-22-11-6-16)25-19(18)15-7-12-26(13-8-15)21(27)17-4-2-3-9-23-17/h2-6,9-11,14-15H,7-8,12-13H2,1H3. The number of likely N-dealkylation sites (tertiary alicyclic amines) is 1. The monoisotopic (exact) mass is 423 g/mol. The Bertz CT molecular complexity index is 1150. The first-order chi connectivity index (χ1) is 14.4. The molecule has 1 saturated heterocycles. The van der Waals surface area contributed by atoms with Gasteiger partial charge in [-0.1, -0.05) is 6.07 Å². The van der Waals surface area contributed by atoms with Gasteiger partial charge < -0.3 is 4.90 Å². The molecule has 9 heteroatoms. The van der Waals surface area contributed by atoms with Crippen LogP contribution in [0.15, 0.2) is 60.0 Å². The third-order valence-electron chi connectivity index (χ3n) is 5.17. The highest BCUT2D eigenvalue weighted by Gasteiger charge is 2.30. The molecule has 1 fully saturated rings. The van der Waals surface area contributed by atoms with Crippen molar-refractivity contribution in [3.8, 4) is 11.4 Å². The van der Waals surface area contributed by atoms with Gasteiger partial charge in [-0.3, -0.25) is 14.8 Å². The number of hydrogen-bond acceptors (Lipinski definition) is 7. The topological polar surface area (TPSA) is 106 Å². The number of carbonyl (C=O) groups is 1. The smallest absolute Gasteiger partial charge is 0.272 e. The molecule has 1 aliphatic rings. The zero-order valence-electron chi connectivity index (χ0n) is 16.5. The van der Waals surface area contributed by atoms with E-state index < -0.39 is 9.84 Å². The second kappa shape index (κ2) is 8.27. The van der Waals surface area contributed by atoms with Crippen molar-refractivity contribution in [1.82, 2.24) is 24.8 Å². The molecule has 4 heterocycles. The van der Waals surface area contributed by atoms with E-state index in [9.17, 15) is 13.2 Å². The normalized spacial score (nSPS) is 15.2. The molecular formula is C21H21N5O3S. The van der Waals surface area contributed by atoms with Crippen molar-refractivity contribution in [2.24, 2.45) is 0 Å². The summed E-state index contributed by atoms with van der Waals surface area (Å²) < 4.78 is 24.7. The first-order valence-corrected chi connectivity index (χ1v) is 11.5. The highest BCUT2D eigenvalue weighted by atomic mass is 32.2. The van der Waals surface area contributed by atoms with Crippen molar-refractivity contribution in [2.45, 2.75) is 23.7 Å². The van der Waals surface area contributed by atoms with E-state index in [2.05, 4.69) is 19.9 Å². The van der Waals surface area contributed by atoms with Gasteiger partial charge >= 0.3 is 0 Å². The second-order valence-electron chi connectivity index (χ2n) is 7.23. The predicted molar refractivity (Wildman–Crippen MR) is 110 cm³/mol. The largest absolute Gasteiger partial charge is 0.337 e. The van der Waals surface area contributed by atoms with E-state index in [0.29, 0.717) is 43.1 Å². The SMILES string of the molecule is CS(=O)(=O)c1cnc(-c2ccncc2)nc1C1CCN(C(=O)c2ccccn2)CC1. The Kier molecular flexibility index (Phi) is 5.54. The summed E-state index contributed by atoms with van der Waals surface area (Å²) in [6.07, 6.45) is 8.68. The van der Waals surface area contributed by atoms with Gasteiger partial charge in [0.15, 0.2) is 15.7 Å². The Hall–Kier alpha value is -3.20. The molecule has 0 spiro atoms. The zero-order chi connectivity index (χ0) is 21.1. The molecular weight excluding hydrogens is 402 g/mol. The number of piperidine rings is 1. The molecule has 4 rings (SSSR count). The van der Waals surface area contributed by atoms with Crippen LogP contribution in [0.2, 0.25) is 0 Å². The predicted octanol–water partition coefficient (Wildman–Crippen LogP) is 2.36. The first kappa shape index (κ1) is 20.1. The van der Waals surface area contributed by atoms with Crippen LogP contribution in [0.4, 0.5) is 0 Å². The number of amides is 1. The Morgan fingerprint density at radius 2 is 1.77 bits per heavy atom. The summed E-state index contributed by atoms with van der Waals surface area (Å²) >= 11 is 0. The number of carbonyl (C=O) groups excluding carboxylic acids is 1. The molecule has 0 N–H and O–H groups in total. The third-order valence-corrected chi connectivity index (χ3v) is 6.29. The maximum atomic E-state index is 12.6. The van der Waals surface area contributed by atoms with Crippen molar-refractivity contribution in [3.05, 3.63) is 66.5 Å². The van der Waals surface area contributed by atoms with Crippen LogP contribution in [-0.4, -0.2) is 58.5 Å². The molecule has 0 radical (unpaired) electrons. The molecule has 0 unspecified atom stereocenters. The van der Waals surface area contributed by atoms with Gasteiger partial charge in [0.2, 0.25) is 0 Å². The van der Waals surface area contributed by atoms with Crippen LogP contribution >= 0.6 is 0 Å². The molecule has 1 amide bonds. The highest BCUT2D eigenvalue weighted by Crippen LogP contribution is 2.32. The summed E-state index contributed by atoms with van der Waals surface area (Å²) in [6, 6.07) is 8.82. The number of pyridine rings is 2. The summed E-state index contributed by atoms with van der Waals surface area (Å²) in [5.41, 5.74) is 1.70. The molecule has 3 aromatic heterocycles. The van der Waals surface area contributed by atoms with Crippen molar-refractivity contribution in [2.75, 3.05) is 19.3 Å². The molecule has 0 saturated carbocycles. The molecule has 30 heavy (non-hydrogen) atoms. The van der Waals surface area contributed by atoms with Gasteiger partial charge in [-0.15, -0.1) is 0 Å². The summed E-state index contributed by atoms with van der Waals surface area (Å²) in [6.45, 7) is 1.02. The van der Waals surface area contributed by atoms with Gasteiger partial charge in [0.25, 0.3) is 5.91 Å². The van der Waals surface area contributed by atoms with Crippen molar-refractivity contribution in [1.29, 1.82) is 0 Å². The zero-order valence-corrected chi connectivity index (χ0v) is 17.3. The van der Waals surface area contributed by atoms with Crippen LogP contribution in [-0.2, 0) is 9.84 Å². The fourth-order valence-corrected chi connectivity index (χ4v) is 4.45. The van der Waals surface area contributed by atoms with E-state index in [1.807, 2.05) is 0 Å². The molecule has 8 nitrogen and oxygen atoms in total. The van der Waals surface area contributed by atoms with E-state index in [0.717, 1.165) is 5.56 Å². The fourth-order valence-electron chi connectivity index (χ4n) is 3.61. The van der Waals surface area contributed by atoms with Gasteiger partial charge in [0.1, 0.15) is 10.6 Å². The summed E-state index contributed by atoms with van der Waals surface area (Å²) in [7, 11) is -3.48. The van der Waals surface area contributed by atoms with Crippen LogP contribution in [0.25, 0.3) is 11.4 Å². The average Bonchev–Trinajstić information content (AvgIpc) is 2.79. The van der Waals surface area contributed by atoms with Gasteiger partial charge in [0.05, 0.1) is 5.69 Å². The van der Waals surface area contributed by atoms with Crippen LogP contribution in [0.5, 0.6) is 0 Å². The van der Waals surface area contributed by atoms with Gasteiger partial charge in [-0.25, -0.2) is 18.4 Å².